The number of rotatable bonds is 4. The number of nitriles is 1. The van der Waals surface area contributed by atoms with E-state index in [1.165, 1.54) is 35.4 Å². The molecule has 0 spiro atoms. The van der Waals surface area contributed by atoms with Crippen molar-refractivity contribution in [3.05, 3.63) is 53.9 Å². The topological polar surface area (TPSA) is 95.3 Å². The molecule has 1 fully saturated rings. The lowest BCUT2D eigenvalue weighted by atomic mass is 10.2. The van der Waals surface area contributed by atoms with Crippen LogP contribution in [-0.2, 0) is 4.79 Å². The Morgan fingerprint density at radius 1 is 1.32 bits per heavy atom. The van der Waals surface area contributed by atoms with Gasteiger partial charge in [-0.2, -0.15) is 5.26 Å². The standard InChI is InChI=1S/C18H13F3N4O3/c19-18(20,21)28-13-3-1-2-12(8-13)25-7-6-15(17(25)27)24-16(26)14-5-4-11(9-22)10-23-14/h1-5,8,10,15H,6-7H2,(H,24,26). The maximum atomic E-state index is 12.6. The number of aromatic nitrogens is 1. The zero-order chi connectivity index (χ0) is 20.3. The highest BCUT2D eigenvalue weighted by molar-refractivity contribution is 6.03. The van der Waals surface area contributed by atoms with Crippen LogP contribution in [0.15, 0.2) is 42.6 Å². The predicted octanol–water partition coefficient (Wildman–Crippen LogP) is 2.39. The summed E-state index contributed by atoms with van der Waals surface area (Å²) in [5.41, 5.74) is 0.575. The molecule has 2 amide bonds. The third-order valence-electron chi connectivity index (χ3n) is 4.00. The number of hydrogen-bond acceptors (Lipinski definition) is 5. The third kappa shape index (κ3) is 4.37. The van der Waals surface area contributed by atoms with Gasteiger partial charge < -0.3 is 15.0 Å². The summed E-state index contributed by atoms with van der Waals surface area (Å²) in [6.07, 6.45) is -3.31. The number of pyridine rings is 1. The zero-order valence-corrected chi connectivity index (χ0v) is 14.2. The van der Waals surface area contributed by atoms with Crippen molar-refractivity contribution in [2.24, 2.45) is 0 Å². The molecule has 1 N–H and O–H groups in total. The Kier molecular flexibility index (Phi) is 5.17. The van der Waals surface area contributed by atoms with E-state index in [1.807, 2.05) is 6.07 Å². The molecule has 1 aromatic carbocycles. The number of halogens is 3. The lowest BCUT2D eigenvalue weighted by molar-refractivity contribution is -0.274. The SMILES string of the molecule is N#Cc1ccc(C(=O)NC2CCN(c3cccc(OC(F)(F)F)c3)C2=O)nc1. The average Bonchev–Trinajstić information content (AvgIpc) is 3.01. The Balaban J connectivity index is 1.68. The van der Waals surface area contributed by atoms with Crippen molar-refractivity contribution in [2.45, 2.75) is 18.8 Å². The van der Waals surface area contributed by atoms with E-state index in [4.69, 9.17) is 5.26 Å². The first-order valence-electron chi connectivity index (χ1n) is 8.11. The highest BCUT2D eigenvalue weighted by Crippen LogP contribution is 2.29. The Morgan fingerprint density at radius 2 is 2.11 bits per heavy atom. The van der Waals surface area contributed by atoms with Gasteiger partial charge in [0.2, 0.25) is 5.91 Å². The molecule has 1 aromatic heterocycles. The number of nitrogens with zero attached hydrogens (tertiary/aromatic N) is 3. The lowest BCUT2D eigenvalue weighted by Gasteiger charge is -2.18. The van der Waals surface area contributed by atoms with Crippen LogP contribution in [0.3, 0.4) is 0 Å². The molecule has 0 bridgehead atoms. The summed E-state index contributed by atoms with van der Waals surface area (Å²) in [7, 11) is 0. The molecule has 0 saturated carbocycles. The van der Waals surface area contributed by atoms with Gasteiger partial charge in [-0.3, -0.25) is 9.59 Å². The molecule has 2 heterocycles. The lowest BCUT2D eigenvalue weighted by Crippen LogP contribution is -2.41. The summed E-state index contributed by atoms with van der Waals surface area (Å²) in [5, 5.41) is 11.3. The van der Waals surface area contributed by atoms with Crippen molar-refractivity contribution in [1.82, 2.24) is 10.3 Å². The normalized spacial score (nSPS) is 16.6. The second-order valence-electron chi connectivity index (χ2n) is 5.89. The van der Waals surface area contributed by atoms with Crippen molar-refractivity contribution >= 4 is 17.5 Å². The van der Waals surface area contributed by atoms with Crippen molar-refractivity contribution in [3.63, 3.8) is 0 Å². The van der Waals surface area contributed by atoms with Crippen molar-refractivity contribution < 1.29 is 27.5 Å². The zero-order valence-electron chi connectivity index (χ0n) is 14.2. The Morgan fingerprint density at radius 3 is 2.75 bits per heavy atom. The summed E-state index contributed by atoms with van der Waals surface area (Å²) in [6.45, 7) is 0.222. The molecule has 3 rings (SSSR count). The summed E-state index contributed by atoms with van der Waals surface area (Å²) >= 11 is 0. The summed E-state index contributed by atoms with van der Waals surface area (Å²) in [4.78, 5) is 29.9. The number of carbonyl (C=O) groups is 2. The van der Waals surface area contributed by atoms with Gasteiger partial charge >= 0.3 is 6.36 Å². The molecule has 0 radical (unpaired) electrons. The van der Waals surface area contributed by atoms with Gasteiger partial charge in [0.05, 0.1) is 5.56 Å². The maximum Gasteiger partial charge on any atom is 0.573 e. The van der Waals surface area contributed by atoms with E-state index in [9.17, 15) is 22.8 Å². The van der Waals surface area contributed by atoms with E-state index in [2.05, 4.69) is 15.0 Å². The highest BCUT2D eigenvalue weighted by Gasteiger charge is 2.35. The van der Waals surface area contributed by atoms with Crippen molar-refractivity contribution in [3.8, 4) is 11.8 Å². The first-order chi connectivity index (χ1) is 13.3. The van der Waals surface area contributed by atoms with Crippen LogP contribution in [0, 0.1) is 11.3 Å². The minimum absolute atomic E-state index is 0.0471. The molecule has 144 valence electrons. The van der Waals surface area contributed by atoms with Gasteiger partial charge in [0.25, 0.3) is 5.91 Å². The van der Waals surface area contributed by atoms with Gasteiger partial charge in [-0.25, -0.2) is 4.98 Å². The van der Waals surface area contributed by atoms with E-state index < -0.39 is 30.0 Å². The number of benzene rings is 1. The molecule has 10 heteroatoms. The Labute approximate surface area is 157 Å². The molecule has 1 unspecified atom stereocenters. The fourth-order valence-electron chi connectivity index (χ4n) is 2.75. The fraction of sp³-hybridized carbons (Fsp3) is 0.222. The number of alkyl halides is 3. The first-order valence-corrected chi connectivity index (χ1v) is 8.11. The van der Waals surface area contributed by atoms with Crippen LogP contribution >= 0.6 is 0 Å². The van der Waals surface area contributed by atoms with Gasteiger partial charge in [-0.1, -0.05) is 6.07 Å². The first kappa shape index (κ1) is 19.2. The van der Waals surface area contributed by atoms with E-state index >= 15 is 0 Å². The van der Waals surface area contributed by atoms with E-state index in [-0.39, 0.29) is 24.3 Å². The summed E-state index contributed by atoms with van der Waals surface area (Å²) < 4.78 is 41.0. The largest absolute Gasteiger partial charge is 0.573 e. The van der Waals surface area contributed by atoms with Gasteiger partial charge in [0, 0.05) is 24.5 Å². The van der Waals surface area contributed by atoms with E-state index in [0.29, 0.717) is 5.56 Å². The van der Waals surface area contributed by atoms with Gasteiger partial charge in [-0.05, 0) is 30.7 Å². The molecule has 2 aromatic rings. The predicted molar refractivity (Wildman–Crippen MR) is 90.3 cm³/mol. The Hall–Kier alpha value is -3.61. The second-order valence-corrected chi connectivity index (χ2v) is 5.89. The number of nitrogens with one attached hydrogen (secondary N) is 1. The molecule has 1 aliphatic rings. The molecule has 1 atom stereocenters. The maximum absolute atomic E-state index is 12.6. The number of anilines is 1. The number of carbonyl (C=O) groups excluding carboxylic acids is 2. The van der Waals surface area contributed by atoms with Gasteiger partial charge in [0.15, 0.2) is 0 Å². The van der Waals surface area contributed by atoms with Crippen LogP contribution in [-0.4, -0.2) is 35.7 Å². The van der Waals surface area contributed by atoms with E-state index in [0.717, 1.165) is 12.1 Å². The molecule has 1 aliphatic heterocycles. The average molecular weight is 390 g/mol. The minimum Gasteiger partial charge on any atom is -0.406 e. The van der Waals surface area contributed by atoms with Gasteiger partial charge in [-0.15, -0.1) is 13.2 Å². The summed E-state index contributed by atoms with van der Waals surface area (Å²) in [5.74, 6) is -1.47. The van der Waals surface area contributed by atoms with E-state index in [1.54, 1.807) is 0 Å². The molecular formula is C18H13F3N4O3. The van der Waals surface area contributed by atoms with Crippen LogP contribution in [0.1, 0.15) is 22.5 Å². The van der Waals surface area contributed by atoms with Crippen molar-refractivity contribution in [1.29, 1.82) is 5.26 Å². The second kappa shape index (κ2) is 7.56. The monoisotopic (exact) mass is 390 g/mol. The smallest absolute Gasteiger partial charge is 0.406 e. The Bertz CT molecular complexity index is 938. The minimum atomic E-state index is -4.84. The van der Waals surface area contributed by atoms with Crippen LogP contribution in [0.25, 0.3) is 0 Å². The molecule has 28 heavy (non-hydrogen) atoms. The quantitative estimate of drug-likeness (QED) is 0.865. The fourth-order valence-corrected chi connectivity index (χ4v) is 2.75. The highest BCUT2D eigenvalue weighted by atomic mass is 19.4. The molecule has 1 saturated heterocycles. The van der Waals surface area contributed by atoms with Crippen LogP contribution in [0.2, 0.25) is 0 Å². The third-order valence-corrected chi connectivity index (χ3v) is 4.00. The summed E-state index contributed by atoms with van der Waals surface area (Å²) in [6, 6.07) is 8.90. The van der Waals surface area contributed by atoms with Crippen LogP contribution in [0.4, 0.5) is 18.9 Å². The van der Waals surface area contributed by atoms with Crippen molar-refractivity contribution in [2.75, 3.05) is 11.4 Å². The van der Waals surface area contributed by atoms with Crippen LogP contribution in [0.5, 0.6) is 5.75 Å². The molecule has 0 aliphatic carbocycles. The number of amides is 2. The molecule has 7 nitrogen and oxygen atoms in total. The molecular weight excluding hydrogens is 377 g/mol. The number of hydrogen-bond donors (Lipinski definition) is 1. The van der Waals surface area contributed by atoms with Crippen LogP contribution < -0.4 is 15.0 Å². The van der Waals surface area contributed by atoms with Gasteiger partial charge in [0.1, 0.15) is 23.6 Å². The number of ether oxygens (including phenoxy) is 1.